The number of hydrogen-bond acceptors (Lipinski definition) is 6. The lowest BCUT2D eigenvalue weighted by Crippen LogP contribution is -2.34. The van der Waals surface area contributed by atoms with Crippen molar-refractivity contribution in [2.24, 2.45) is 11.6 Å². The minimum atomic E-state index is -2.68. The van der Waals surface area contributed by atoms with Gasteiger partial charge in [-0.25, -0.2) is 9.00 Å². The molecule has 1 amide bonds. The summed E-state index contributed by atoms with van der Waals surface area (Å²) in [6.07, 6.45) is 0. The summed E-state index contributed by atoms with van der Waals surface area (Å²) in [6, 6.07) is 0. The fourth-order valence-corrected chi connectivity index (χ4v) is 2.90. The Bertz CT molecular complexity index is 513. The van der Waals surface area contributed by atoms with E-state index >= 15 is 0 Å². The third kappa shape index (κ3) is 1.61. The Morgan fingerprint density at radius 2 is 2.36 bits per heavy atom. The maximum atomic E-state index is 11.4. The Hall–Kier alpha value is -1.06. The molecule has 1 aliphatic heterocycles. The highest BCUT2D eigenvalue weighted by Crippen LogP contribution is 2.29. The largest absolute Gasteiger partial charge is 0.364 e. The summed E-state index contributed by atoms with van der Waals surface area (Å²) in [7, 11) is -1.04. The van der Waals surface area contributed by atoms with Crippen LogP contribution in [0.5, 0.6) is 0 Å². The molecule has 7 nitrogen and oxygen atoms in total. The topological polar surface area (TPSA) is 87.8 Å². The average molecular weight is 235 g/mol. The molecule has 0 radical (unpaired) electrons. The smallest absolute Gasteiger partial charge is 0.247 e. The van der Waals surface area contributed by atoms with Crippen molar-refractivity contribution in [2.45, 2.75) is 11.3 Å². The molecule has 1 atom stereocenters. The van der Waals surface area contributed by atoms with Gasteiger partial charge in [-0.3, -0.25) is 0 Å². The van der Waals surface area contributed by atoms with Crippen LogP contribution in [-0.4, -0.2) is 15.2 Å². The summed E-state index contributed by atoms with van der Waals surface area (Å²) < 4.78 is 20.8. The van der Waals surface area contributed by atoms with E-state index in [1.165, 1.54) is 11.6 Å². The molecule has 0 saturated heterocycles. The van der Waals surface area contributed by atoms with E-state index in [1.807, 2.05) is 0 Å². The minimum absolute atomic E-state index is 0.209. The molecule has 0 bridgehead atoms. The molecular formula is C5H7N4O3S2+. The van der Waals surface area contributed by atoms with Gasteiger partial charge in [0.15, 0.2) is 0 Å². The van der Waals surface area contributed by atoms with Crippen LogP contribution in [0.15, 0.2) is 8.87 Å². The van der Waals surface area contributed by atoms with E-state index in [9.17, 15) is 9.00 Å². The molecule has 1 N–H and O–H groups in total. The van der Waals surface area contributed by atoms with Gasteiger partial charge in [-0.15, -0.1) is 8.97 Å². The van der Waals surface area contributed by atoms with Gasteiger partial charge in [0.05, 0.1) is 0 Å². The van der Waals surface area contributed by atoms with Crippen LogP contribution in [0.3, 0.4) is 0 Å². The number of carbonyl (C=O) groups excluding carboxylic acids is 1. The molecule has 1 aliphatic rings. The summed E-state index contributed by atoms with van der Waals surface area (Å²) in [4.78, 5) is 10.8. The van der Waals surface area contributed by atoms with Crippen LogP contribution in [0.25, 0.3) is 0 Å². The summed E-state index contributed by atoms with van der Waals surface area (Å²) in [5.74, 6) is -0.209. The predicted molar refractivity (Wildman–Crippen MR) is 47.5 cm³/mol. The Morgan fingerprint density at radius 1 is 1.71 bits per heavy atom. The quantitative estimate of drug-likeness (QED) is 0.558. The van der Waals surface area contributed by atoms with E-state index in [4.69, 9.17) is 0 Å². The van der Waals surface area contributed by atoms with Gasteiger partial charge < -0.3 is 0 Å². The predicted octanol–water partition coefficient (Wildman–Crippen LogP) is -0.387. The normalized spacial score (nSPS) is 24.1. The van der Waals surface area contributed by atoms with Crippen LogP contribution in [-0.2, 0) is 26.1 Å². The molecule has 0 saturated carbocycles. The molecule has 1 aromatic rings. The van der Waals surface area contributed by atoms with E-state index in [0.29, 0.717) is 5.13 Å². The highest BCUT2D eigenvalue weighted by atomic mass is 32.3. The molecule has 2 heterocycles. The van der Waals surface area contributed by atoms with E-state index in [0.717, 1.165) is 11.3 Å². The summed E-state index contributed by atoms with van der Waals surface area (Å²) in [6.45, 7) is 1.39. The van der Waals surface area contributed by atoms with Crippen molar-refractivity contribution in [3.63, 3.8) is 0 Å². The molecule has 0 aromatic carbocycles. The number of nitrogens with zero attached hydrogens (tertiary/aromatic N) is 3. The molecule has 1 aromatic heterocycles. The first kappa shape index (κ1) is 9.49. The lowest BCUT2D eigenvalue weighted by atomic mass is 10.7. The molecular weight excluding hydrogens is 228 g/mol. The number of hydrogen-bond donors (Lipinski definition) is 1. The van der Waals surface area contributed by atoms with Gasteiger partial charge in [-0.1, -0.05) is 5.10 Å². The van der Waals surface area contributed by atoms with Crippen LogP contribution < -0.4 is 10.00 Å². The van der Waals surface area contributed by atoms with Gasteiger partial charge in [-0.05, 0) is 15.9 Å². The van der Waals surface area contributed by atoms with Gasteiger partial charge in [-0.2, -0.15) is 5.32 Å². The first-order valence-corrected chi connectivity index (χ1v) is 5.87. The van der Waals surface area contributed by atoms with E-state index < -0.39 is 10.0 Å². The SMILES string of the molecule is CC(=O)Nc1sc([S@@]2(=O)=NO2)n[n+]1C. The highest BCUT2D eigenvalue weighted by molar-refractivity contribution is 7.94. The van der Waals surface area contributed by atoms with Crippen LogP contribution in [0.4, 0.5) is 5.13 Å². The lowest BCUT2D eigenvalue weighted by Gasteiger charge is -1.86. The van der Waals surface area contributed by atoms with Crippen LogP contribution >= 0.6 is 11.3 Å². The molecule has 0 unspecified atom stereocenters. The van der Waals surface area contributed by atoms with Crippen molar-refractivity contribution in [1.29, 1.82) is 0 Å². The fraction of sp³-hybridized carbons (Fsp3) is 0.400. The van der Waals surface area contributed by atoms with Crippen molar-refractivity contribution in [3.05, 3.63) is 0 Å². The van der Waals surface area contributed by atoms with Gasteiger partial charge in [0.2, 0.25) is 0 Å². The third-order valence-corrected chi connectivity index (χ3v) is 4.06. The first-order chi connectivity index (χ1) is 6.51. The van der Waals surface area contributed by atoms with Crippen LogP contribution in [0.1, 0.15) is 6.92 Å². The van der Waals surface area contributed by atoms with Crippen molar-refractivity contribution >= 4 is 32.4 Å². The first-order valence-electron chi connectivity index (χ1n) is 3.61. The zero-order chi connectivity index (χ0) is 10.3. The van der Waals surface area contributed by atoms with Crippen molar-refractivity contribution in [1.82, 2.24) is 5.10 Å². The van der Waals surface area contributed by atoms with Crippen molar-refractivity contribution in [3.8, 4) is 0 Å². The maximum Gasteiger partial charge on any atom is 0.364 e. The van der Waals surface area contributed by atoms with Gasteiger partial charge >= 0.3 is 11.0 Å². The summed E-state index contributed by atoms with van der Waals surface area (Å²) in [5.41, 5.74) is 0. The number of aromatic nitrogens is 2. The van der Waals surface area contributed by atoms with Gasteiger partial charge in [0, 0.05) is 6.92 Å². The second-order valence-corrected chi connectivity index (χ2v) is 5.47. The van der Waals surface area contributed by atoms with Crippen LogP contribution in [0, 0.1) is 0 Å². The van der Waals surface area contributed by atoms with Crippen molar-refractivity contribution in [2.75, 3.05) is 5.32 Å². The number of amides is 1. The molecule has 0 aliphatic carbocycles. The molecule has 9 heteroatoms. The molecule has 14 heavy (non-hydrogen) atoms. The van der Waals surface area contributed by atoms with E-state index in [-0.39, 0.29) is 10.2 Å². The minimum Gasteiger partial charge on any atom is -0.247 e. The second-order valence-electron chi connectivity index (χ2n) is 2.60. The number of carbonyl (C=O) groups is 1. The monoisotopic (exact) mass is 235 g/mol. The molecule has 0 fully saturated rings. The second kappa shape index (κ2) is 2.97. The number of rotatable bonds is 2. The van der Waals surface area contributed by atoms with Gasteiger partial charge in [0.1, 0.15) is 7.05 Å². The molecule has 76 valence electrons. The maximum absolute atomic E-state index is 11.4. The molecule has 2 rings (SSSR count). The summed E-state index contributed by atoms with van der Waals surface area (Å²) in [5, 5.41) is 6.98. The third-order valence-electron chi connectivity index (χ3n) is 1.42. The number of aryl methyl sites for hydroxylation is 1. The average Bonchev–Trinajstić information content (AvgIpc) is 2.71. The highest BCUT2D eigenvalue weighted by Gasteiger charge is 2.34. The lowest BCUT2D eigenvalue weighted by molar-refractivity contribution is -0.715. The zero-order valence-corrected chi connectivity index (χ0v) is 9.02. The van der Waals surface area contributed by atoms with Gasteiger partial charge in [0.25, 0.3) is 14.3 Å². The summed E-state index contributed by atoms with van der Waals surface area (Å²) >= 11 is 1.08. The molecule has 0 spiro atoms. The Morgan fingerprint density at radius 3 is 2.86 bits per heavy atom. The fourth-order valence-electron chi connectivity index (χ4n) is 0.790. The zero-order valence-electron chi connectivity index (χ0n) is 7.38. The Kier molecular flexibility index (Phi) is 2.01. The van der Waals surface area contributed by atoms with E-state index in [2.05, 4.69) is 19.2 Å². The Balaban J connectivity index is 2.35. The Labute approximate surface area is 84.0 Å². The standard InChI is InChI=1S/C5H6N4O3S2/c1-3(10)6-4-9(2)7-5(13-4)14(11)8-12-14/h1-2H3/p+1/t14-/m0/s1. The van der Waals surface area contributed by atoms with Crippen molar-refractivity contribution < 1.29 is 18.0 Å². The van der Waals surface area contributed by atoms with Crippen LogP contribution in [0.2, 0.25) is 0 Å². The number of anilines is 1. The number of nitrogens with one attached hydrogen (secondary N) is 1. The van der Waals surface area contributed by atoms with E-state index in [1.54, 1.807) is 7.05 Å².